The molecule has 1 saturated heterocycles. The number of H-pyrrole nitrogens is 1. The number of aromatic amines is 1. The fourth-order valence-corrected chi connectivity index (χ4v) is 2.40. The molecule has 1 fully saturated rings. The molecule has 18 heavy (non-hydrogen) atoms. The van der Waals surface area contributed by atoms with Crippen LogP contribution < -0.4 is 5.32 Å². The van der Waals surface area contributed by atoms with Gasteiger partial charge in [-0.05, 0) is 42.0 Å². The van der Waals surface area contributed by atoms with Crippen LogP contribution in [0, 0.1) is 0 Å². The van der Waals surface area contributed by atoms with Gasteiger partial charge in [-0.3, -0.25) is 0 Å². The number of hydrogen-bond donors (Lipinski definition) is 2. The molecule has 2 heterocycles. The van der Waals surface area contributed by atoms with Crippen LogP contribution in [0.4, 0.5) is 0 Å². The van der Waals surface area contributed by atoms with Gasteiger partial charge in [0.15, 0.2) is 0 Å². The number of ether oxygens (including phenoxy) is 1. The van der Waals surface area contributed by atoms with Crippen LogP contribution in [0.15, 0.2) is 30.5 Å². The van der Waals surface area contributed by atoms with Crippen LogP contribution in [0.5, 0.6) is 0 Å². The van der Waals surface area contributed by atoms with Gasteiger partial charge in [-0.15, -0.1) is 12.4 Å². The second-order valence-electron chi connectivity index (χ2n) is 4.67. The second-order valence-corrected chi connectivity index (χ2v) is 4.67. The van der Waals surface area contributed by atoms with Crippen molar-refractivity contribution in [1.82, 2.24) is 10.3 Å². The van der Waals surface area contributed by atoms with Crippen molar-refractivity contribution in [1.29, 1.82) is 0 Å². The van der Waals surface area contributed by atoms with Crippen molar-refractivity contribution < 1.29 is 4.74 Å². The summed E-state index contributed by atoms with van der Waals surface area (Å²) in [5.41, 5.74) is 2.53. The lowest BCUT2D eigenvalue weighted by Crippen LogP contribution is -2.25. The van der Waals surface area contributed by atoms with E-state index in [2.05, 4.69) is 34.6 Å². The number of benzene rings is 1. The standard InChI is InChI=1S/C14H18N2O.ClH/c1-2-13(17-7-1)10-15-9-11-3-4-14-12(8-11)5-6-16-14;/h3-6,8,13,15-16H,1-2,7,9-10H2;1H. The van der Waals surface area contributed by atoms with E-state index in [1.54, 1.807) is 0 Å². The van der Waals surface area contributed by atoms with E-state index >= 15 is 0 Å². The largest absolute Gasteiger partial charge is 0.377 e. The van der Waals surface area contributed by atoms with Crippen LogP contribution in [0.2, 0.25) is 0 Å². The fourth-order valence-electron chi connectivity index (χ4n) is 2.40. The summed E-state index contributed by atoms with van der Waals surface area (Å²) in [6, 6.07) is 8.65. The molecule has 4 heteroatoms. The molecule has 1 atom stereocenters. The molecule has 0 bridgehead atoms. The van der Waals surface area contributed by atoms with Gasteiger partial charge in [0.25, 0.3) is 0 Å². The van der Waals surface area contributed by atoms with Crippen LogP contribution in [0.1, 0.15) is 18.4 Å². The van der Waals surface area contributed by atoms with Crippen LogP contribution in [-0.2, 0) is 11.3 Å². The normalized spacial score (nSPS) is 19.0. The Balaban J connectivity index is 0.00000120. The quantitative estimate of drug-likeness (QED) is 0.893. The Kier molecular flexibility index (Phi) is 4.64. The van der Waals surface area contributed by atoms with Crippen molar-refractivity contribution in [3.05, 3.63) is 36.0 Å². The molecule has 1 unspecified atom stereocenters. The minimum atomic E-state index is 0. The van der Waals surface area contributed by atoms with Gasteiger partial charge in [-0.2, -0.15) is 0 Å². The number of hydrogen-bond acceptors (Lipinski definition) is 2. The third kappa shape index (κ3) is 3.05. The average Bonchev–Trinajstić information content (AvgIpc) is 2.98. The van der Waals surface area contributed by atoms with Gasteiger partial charge in [0.2, 0.25) is 0 Å². The Morgan fingerprint density at radius 2 is 2.28 bits per heavy atom. The Bertz CT molecular complexity index is 491. The molecule has 1 aliphatic rings. The van der Waals surface area contributed by atoms with Crippen molar-refractivity contribution >= 4 is 23.3 Å². The number of fused-ring (bicyclic) bond motifs is 1. The van der Waals surface area contributed by atoms with E-state index in [1.165, 1.54) is 29.3 Å². The first-order valence-corrected chi connectivity index (χ1v) is 6.30. The first kappa shape index (κ1) is 13.4. The summed E-state index contributed by atoms with van der Waals surface area (Å²) in [4.78, 5) is 3.21. The first-order valence-electron chi connectivity index (χ1n) is 6.30. The molecule has 1 aliphatic heterocycles. The van der Waals surface area contributed by atoms with Crippen molar-refractivity contribution in [2.75, 3.05) is 13.2 Å². The number of rotatable bonds is 4. The summed E-state index contributed by atoms with van der Waals surface area (Å²) < 4.78 is 5.58. The Hall–Kier alpha value is -1.03. The van der Waals surface area contributed by atoms with Gasteiger partial charge in [0.1, 0.15) is 0 Å². The minimum Gasteiger partial charge on any atom is -0.377 e. The zero-order valence-corrected chi connectivity index (χ0v) is 11.1. The molecule has 1 aromatic heterocycles. The Labute approximate surface area is 113 Å². The topological polar surface area (TPSA) is 37.0 Å². The van der Waals surface area contributed by atoms with Crippen LogP contribution >= 0.6 is 12.4 Å². The van der Waals surface area contributed by atoms with Crippen LogP contribution in [-0.4, -0.2) is 24.2 Å². The molecule has 1 aromatic carbocycles. The molecular weight excluding hydrogens is 248 g/mol. The lowest BCUT2D eigenvalue weighted by molar-refractivity contribution is 0.110. The van der Waals surface area contributed by atoms with Crippen molar-refractivity contribution in [3.8, 4) is 0 Å². The molecule has 2 N–H and O–H groups in total. The van der Waals surface area contributed by atoms with Gasteiger partial charge in [-0.1, -0.05) is 6.07 Å². The maximum atomic E-state index is 5.58. The summed E-state index contributed by atoms with van der Waals surface area (Å²) in [6.45, 7) is 2.81. The zero-order chi connectivity index (χ0) is 11.5. The van der Waals surface area contributed by atoms with Crippen molar-refractivity contribution in [2.45, 2.75) is 25.5 Å². The zero-order valence-electron chi connectivity index (χ0n) is 10.3. The van der Waals surface area contributed by atoms with Gasteiger partial charge < -0.3 is 15.0 Å². The second kappa shape index (κ2) is 6.23. The molecule has 0 radical (unpaired) electrons. The molecule has 98 valence electrons. The lowest BCUT2D eigenvalue weighted by Gasteiger charge is -2.10. The van der Waals surface area contributed by atoms with Crippen LogP contribution in [0.3, 0.4) is 0 Å². The van der Waals surface area contributed by atoms with E-state index in [4.69, 9.17) is 4.74 Å². The maximum Gasteiger partial charge on any atom is 0.0700 e. The van der Waals surface area contributed by atoms with Gasteiger partial charge in [0, 0.05) is 31.4 Å². The van der Waals surface area contributed by atoms with E-state index in [1.807, 2.05) is 6.20 Å². The van der Waals surface area contributed by atoms with E-state index in [-0.39, 0.29) is 12.4 Å². The monoisotopic (exact) mass is 266 g/mol. The number of nitrogens with one attached hydrogen (secondary N) is 2. The molecule has 0 saturated carbocycles. The van der Waals surface area contributed by atoms with Gasteiger partial charge >= 0.3 is 0 Å². The third-order valence-corrected chi connectivity index (χ3v) is 3.34. The molecular formula is C14H19ClN2O. The van der Waals surface area contributed by atoms with Crippen LogP contribution in [0.25, 0.3) is 10.9 Å². The smallest absolute Gasteiger partial charge is 0.0700 e. The maximum absolute atomic E-state index is 5.58. The molecule has 3 nitrogen and oxygen atoms in total. The Morgan fingerprint density at radius 3 is 3.11 bits per heavy atom. The van der Waals surface area contributed by atoms with E-state index in [0.29, 0.717) is 6.10 Å². The van der Waals surface area contributed by atoms with E-state index in [0.717, 1.165) is 19.7 Å². The highest BCUT2D eigenvalue weighted by Crippen LogP contribution is 2.14. The van der Waals surface area contributed by atoms with Crippen molar-refractivity contribution in [2.24, 2.45) is 0 Å². The predicted molar refractivity (Wildman–Crippen MR) is 76.2 cm³/mol. The predicted octanol–water partition coefficient (Wildman–Crippen LogP) is 2.86. The summed E-state index contributed by atoms with van der Waals surface area (Å²) >= 11 is 0. The average molecular weight is 267 g/mol. The summed E-state index contributed by atoms with van der Waals surface area (Å²) in [6.07, 6.45) is 4.81. The highest BCUT2D eigenvalue weighted by Gasteiger charge is 2.14. The fraction of sp³-hybridized carbons (Fsp3) is 0.429. The highest BCUT2D eigenvalue weighted by atomic mass is 35.5. The first-order chi connectivity index (χ1) is 8.42. The summed E-state index contributed by atoms with van der Waals surface area (Å²) in [7, 11) is 0. The van der Waals surface area contributed by atoms with Gasteiger partial charge in [-0.25, -0.2) is 0 Å². The molecule has 0 aliphatic carbocycles. The van der Waals surface area contributed by atoms with Crippen molar-refractivity contribution in [3.63, 3.8) is 0 Å². The number of aromatic nitrogens is 1. The lowest BCUT2D eigenvalue weighted by atomic mass is 10.1. The van der Waals surface area contributed by atoms with E-state index < -0.39 is 0 Å². The van der Waals surface area contributed by atoms with E-state index in [9.17, 15) is 0 Å². The highest BCUT2D eigenvalue weighted by molar-refractivity contribution is 5.85. The SMILES string of the molecule is Cl.c1cc2cc(CNCC3CCCO3)ccc2[nH]1. The van der Waals surface area contributed by atoms with Gasteiger partial charge in [0.05, 0.1) is 6.10 Å². The Morgan fingerprint density at radius 1 is 1.33 bits per heavy atom. The minimum absolute atomic E-state index is 0. The summed E-state index contributed by atoms with van der Waals surface area (Å²) in [5.74, 6) is 0. The number of halogens is 1. The summed E-state index contributed by atoms with van der Waals surface area (Å²) in [5, 5.41) is 4.74. The molecule has 0 amide bonds. The molecule has 3 rings (SSSR count). The third-order valence-electron chi connectivity index (χ3n) is 3.34. The molecule has 2 aromatic rings. The molecule has 0 spiro atoms.